The minimum Gasteiger partial charge on any atom is -0.456 e. The SMILES string of the molecule is C=C1C=CC(N(c2ccccc2)c2ccc(-c3cccc4c5c(oc34)C=CC3C5C4C(c5ccc6oc7ccccc7c6c5C4(C)C)C3(C)C)cc2)=CC1. The Morgan fingerprint density at radius 3 is 2.26 bits per heavy atom. The van der Waals surface area contributed by atoms with Gasteiger partial charge in [0.2, 0.25) is 0 Å². The van der Waals surface area contributed by atoms with Crippen LogP contribution in [0.25, 0.3) is 50.1 Å². The predicted molar refractivity (Wildman–Crippen MR) is 223 cm³/mol. The number of hydrogen-bond acceptors (Lipinski definition) is 3. The monoisotopic (exact) mass is 701 g/mol. The number of hydrogen-bond donors (Lipinski definition) is 0. The number of benzene rings is 5. The van der Waals surface area contributed by atoms with Gasteiger partial charge in [0.25, 0.3) is 0 Å². The molecule has 0 aliphatic heterocycles. The first-order valence-electron chi connectivity index (χ1n) is 19.4. The molecule has 2 aromatic heterocycles. The van der Waals surface area contributed by atoms with Crippen LogP contribution in [-0.2, 0) is 5.41 Å². The molecule has 4 aliphatic carbocycles. The summed E-state index contributed by atoms with van der Waals surface area (Å²) < 4.78 is 13.4. The molecule has 1 fully saturated rings. The van der Waals surface area contributed by atoms with Crippen LogP contribution in [0, 0.1) is 17.3 Å². The van der Waals surface area contributed by atoms with E-state index in [0.29, 0.717) is 23.7 Å². The summed E-state index contributed by atoms with van der Waals surface area (Å²) in [5, 5.41) is 3.78. The molecule has 0 amide bonds. The number of anilines is 2. The second-order valence-electron chi connectivity index (χ2n) is 17.1. The molecule has 54 heavy (non-hydrogen) atoms. The first-order chi connectivity index (χ1) is 26.2. The van der Waals surface area contributed by atoms with Gasteiger partial charge in [-0.2, -0.15) is 0 Å². The molecule has 1 saturated carbocycles. The van der Waals surface area contributed by atoms with Gasteiger partial charge in [0.15, 0.2) is 0 Å². The topological polar surface area (TPSA) is 29.5 Å². The molecule has 0 bridgehead atoms. The van der Waals surface area contributed by atoms with Gasteiger partial charge in [0.1, 0.15) is 22.5 Å². The third-order valence-corrected chi connectivity index (χ3v) is 13.5. The second-order valence-corrected chi connectivity index (χ2v) is 17.1. The van der Waals surface area contributed by atoms with Crippen molar-refractivity contribution in [1.82, 2.24) is 0 Å². The lowest BCUT2D eigenvalue weighted by atomic mass is 9.66. The molecule has 0 saturated heterocycles. The lowest BCUT2D eigenvalue weighted by Gasteiger charge is -2.36. The van der Waals surface area contributed by atoms with Crippen molar-refractivity contribution in [2.75, 3.05) is 4.90 Å². The van der Waals surface area contributed by atoms with Crippen LogP contribution < -0.4 is 4.90 Å². The average molecular weight is 702 g/mol. The molecule has 5 aromatic carbocycles. The number of nitrogens with zero attached hydrogens (tertiary/aromatic N) is 1. The van der Waals surface area contributed by atoms with E-state index in [1.165, 1.54) is 32.8 Å². The maximum Gasteiger partial charge on any atom is 0.142 e. The van der Waals surface area contributed by atoms with Crippen molar-refractivity contribution >= 4 is 50.4 Å². The molecular formula is C51H43NO2. The van der Waals surface area contributed by atoms with Crippen molar-refractivity contribution in [2.24, 2.45) is 17.3 Å². The molecule has 0 radical (unpaired) electrons. The Morgan fingerprint density at radius 2 is 1.46 bits per heavy atom. The Balaban J connectivity index is 1.02. The van der Waals surface area contributed by atoms with E-state index in [1.54, 1.807) is 0 Å². The highest BCUT2D eigenvalue weighted by molar-refractivity contribution is 6.08. The van der Waals surface area contributed by atoms with Crippen molar-refractivity contribution in [3.05, 3.63) is 174 Å². The van der Waals surface area contributed by atoms with E-state index in [2.05, 4.69) is 179 Å². The summed E-state index contributed by atoms with van der Waals surface area (Å²) in [5.41, 5.74) is 14.1. The van der Waals surface area contributed by atoms with Crippen molar-refractivity contribution < 1.29 is 8.83 Å². The quantitative estimate of drug-likeness (QED) is 0.183. The zero-order chi connectivity index (χ0) is 36.5. The van der Waals surface area contributed by atoms with Crippen LogP contribution in [0.2, 0.25) is 0 Å². The lowest BCUT2D eigenvalue weighted by Crippen LogP contribution is -2.30. The molecule has 0 spiro atoms. The summed E-state index contributed by atoms with van der Waals surface area (Å²) >= 11 is 0. The number of furan rings is 2. The first kappa shape index (κ1) is 31.7. The van der Waals surface area contributed by atoms with E-state index in [4.69, 9.17) is 8.83 Å². The normalized spacial score (nSPS) is 23.0. The summed E-state index contributed by atoms with van der Waals surface area (Å²) in [6, 6.07) is 39.5. The molecule has 264 valence electrons. The standard InChI is InChI=1S/C51H43NO2/c1-30-18-22-33(23-19-30)52(32-12-7-6-8-13-32)34-24-20-31(21-25-34)35-15-11-16-37-43-41(54-49(35)37)29-27-39-45(43)48-47(50(39,2)3)38-26-28-42-44(46(38)51(48,4)5)36-14-9-10-17-40(36)53-42/h6-18,20-29,39,45,47-48H,1,19H2,2-5H3. The predicted octanol–water partition coefficient (Wildman–Crippen LogP) is 14.0. The highest BCUT2D eigenvalue weighted by atomic mass is 16.3. The Morgan fingerprint density at radius 1 is 0.704 bits per heavy atom. The van der Waals surface area contributed by atoms with Crippen LogP contribution >= 0.6 is 0 Å². The second kappa shape index (κ2) is 11.1. The van der Waals surface area contributed by atoms with Crippen LogP contribution in [0.3, 0.4) is 0 Å². The fourth-order valence-electron chi connectivity index (χ4n) is 11.3. The molecule has 11 rings (SSSR count). The third kappa shape index (κ3) is 4.24. The Labute approximate surface area is 316 Å². The number of rotatable bonds is 4. The number of allylic oxidation sites excluding steroid dienone is 5. The molecular weight excluding hydrogens is 659 g/mol. The Hall–Kier alpha value is -5.80. The number of fused-ring (bicyclic) bond motifs is 13. The summed E-state index contributed by atoms with van der Waals surface area (Å²) in [4.78, 5) is 2.32. The number of para-hydroxylation sites is 3. The zero-order valence-corrected chi connectivity index (χ0v) is 31.3. The maximum atomic E-state index is 6.98. The smallest absolute Gasteiger partial charge is 0.142 e. The lowest BCUT2D eigenvalue weighted by molar-refractivity contribution is 0.249. The Bertz CT molecular complexity index is 2780. The molecule has 4 unspecified atom stereocenters. The molecule has 3 heteroatoms. The van der Waals surface area contributed by atoms with E-state index >= 15 is 0 Å². The maximum absolute atomic E-state index is 6.98. The summed E-state index contributed by atoms with van der Waals surface area (Å²) in [7, 11) is 0. The van der Waals surface area contributed by atoms with Crippen molar-refractivity contribution in [1.29, 1.82) is 0 Å². The van der Waals surface area contributed by atoms with Gasteiger partial charge < -0.3 is 13.7 Å². The fourth-order valence-corrected chi connectivity index (χ4v) is 11.3. The summed E-state index contributed by atoms with van der Waals surface area (Å²) in [5.74, 6) is 2.56. The third-order valence-electron chi connectivity index (χ3n) is 13.5. The summed E-state index contributed by atoms with van der Waals surface area (Å²) in [6.45, 7) is 14.2. The summed E-state index contributed by atoms with van der Waals surface area (Å²) in [6.07, 6.45) is 12.2. The van der Waals surface area contributed by atoms with E-state index in [9.17, 15) is 0 Å². The van der Waals surface area contributed by atoms with Gasteiger partial charge in [-0.05, 0) is 106 Å². The largest absolute Gasteiger partial charge is 0.456 e. The van der Waals surface area contributed by atoms with Crippen molar-refractivity contribution in [2.45, 2.75) is 51.4 Å². The van der Waals surface area contributed by atoms with Gasteiger partial charge in [-0.25, -0.2) is 0 Å². The van der Waals surface area contributed by atoms with Crippen LogP contribution in [0.1, 0.15) is 68.4 Å². The minimum absolute atomic E-state index is 0.0527. The van der Waals surface area contributed by atoms with E-state index in [0.717, 1.165) is 62.7 Å². The van der Waals surface area contributed by atoms with Gasteiger partial charge in [0.05, 0.1) is 0 Å². The van der Waals surface area contributed by atoms with Gasteiger partial charge in [0, 0.05) is 44.4 Å². The fraction of sp³-hybridized carbons (Fsp3) is 0.216. The Kier molecular flexibility index (Phi) is 6.53. The van der Waals surface area contributed by atoms with Gasteiger partial charge >= 0.3 is 0 Å². The van der Waals surface area contributed by atoms with Crippen LogP contribution in [-0.4, -0.2) is 0 Å². The molecule has 0 N–H and O–H groups in total. The van der Waals surface area contributed by atoms with Crippen LogP contribution in [0.15, 0.2) is 160 Å². The van der Waals surface area contributed by atoms with Crippen molar-refractivity contribution in [3.8, 4) is 11.1 Å². The van der Waals surface area contributed by atoms with Gasteiger partial charge in [-0.3, -0.25) is 0 Å². The van der Waals surface area contributed by atoms with E-state index in [1.807, 2.05) is 0 Å². The highest BCUT2D eigenvalue weighted by Gasteiger charge is 2.65. The molecule has 2 heterocycles. The van der Waals surface area contributed by atoms with Gasteiger partial charge in [-0.15, -0.1) is 0 Å². The molecule has 4 atom stereocenters. The first-order valence-corrected chi connectivity index (χ1v) is 19.4. The molecule has 7 aromatic rings. The highest BCUT2D eigenvalue weighted by Crippen LogP contribution is 2.73. The van der Waals surface area contributed by atoms with E-state index in [-0.39, 0.29) is 10.8 Å². The van der Waals surface area contributed by atoms with Crippen molar-refractivity contribution in [3.63, 3.8) is 0 Å². The molecule has 3 nitrogen and oxygen atoms in total. The minimum atomic E-state index is -0.0802. The van der Waals surface area contributed by atoms with Gasteiger partial charge in [-0.1, -0.05) is 131 Å². The van der Waals surface area contributed by atoms with Crippen LogP contribution in [0.4, 0.5) is 11.4 Å². The molecule has 4 aliphatic rings. The average Bonchev–Trinajstić information content (AvgIpc) is 3.89. The van der Waals surface area contributed by atoms with Crippen LogP contribution in [0.5, 0.6) is 0 Å². The van der Waals surface area contributed by atoms with E-state index < -0.39 is 0 Å². The zero-order valence-electron chi connectivity index (χ0n) is 31.3.